The Balaban J connectivity index is 2.29. The normalized spacial score (nSPS) is 19.2. The maximum atomic E-state index is 13.8. The van der Waals surface area contributed by atoms with Crippen LogP contribution >= 0.6 is 15.9 Å². The summed E-state index contributed by atoms with van der Waals surface area (Å²) >= 11 is 3.15. The van der Waals surface area contributed by atoms with Gasteiger partial charge in [0.2, 0.25) is 5.91 Å². The number of nitrogens with one attached hydrogen (secondary N) is 1. The van der Waals surface area contributed by atoms with Gasteiger partial charge in [-0.25, -0.2) is 4.39 Å². The SMILES string of the molecule is CCC1C(=O)NCCN1C(=O)c1ccc(Br)cc1F. The zero-order chi connectivity index (χ0) is 14.0. The van der Waals surface area contributed by atoms with Crippen molar-refractivity contribution >= 4 is 27.7 Å². The van der Waals surface area contributed by atoms with Crippen LogP contribution in [0.1, 0.15) is 23.7 Å². The predicted molar refractivity (Wildman–Crippen MR) is 72.2 cm³/mol. The van der Waals surface area contributed by atoms with Crippen LogP contribution in [0, 0.1) is 5.82 Å². The van der Waals surface area contributed by atoms with Gasteiger partial charge in [0.05, 0.1) is 5.56 Å². The van der Waals surface area contributed by atoms with Crippen LogP contribution in [0.15, 0.2) is 22.7 Å². The summed E-state index contributed by atoms with van der Waals surface area (Å²) in [4.78, 5) is 25.5. The van der Waals surface area contributed by atoms with Gasteiger partial charge in [-0.3, -0.25) is 9.59 Å². The molecule has 0 aliphatic carbocycles. The van der Waals surface area contributed by atoms with E-state index in [1.54, 1.807) is 6.07 Å². The number of benzene rings is 1. The molecule has 1 unspecified atom stereocenters. The second kappa shape index (κ2) is 5.69. The Labute approximate surface area is 119 Å². The summed E-state index contributed by atoms with van der Waals surface area (Å²) in [5.74, 6) is -1.20. The van der Waals surface area contributed by atoms with Crippen LogP contribution in [0.2, 0.25) is 0 Å². The highest BCUT2D eigenvalue weighted by Gasteiger charge is 2.32. The number of rotatable bonds is 2. The van der Waals surface area contributed by atoms with Crippen molar-refractivity contribution in [2.24, 2.45) is 0 Å². The number of carbonyl (C=O) groups is 2. The van der Waals surface area contributed by atoms with E-state index in [0.29, 0.717) is 24.0 Å². The van der Waals surface area contributed by atoms with Crippen LogP contribution < -0.4 is 5.32 Å². The van der Waals surface area contributed by atoms with Crippen LogP contribution in [-0.4, -0.2) is 35.8 Å². The van der Waals surface area contributed by atoms with Crippen LogP contribution in [0.5, 0.6) is 0 Å². The van der Waals surface area contributed by atoms with Gasteiger partial charge in [-0.15, -0.1) is 0 Å². The van der Waals surface area contributed by atoms with Crippen molar-refractivity contribution in [3.05, 3.63) is 34.1 Å². The van der Waals surface area contributed by atoms with Gasteiger partial charge in [-0.05, 0) is 24.6 Å². The minimum Gasteiger partial charge on any atom is -0.353 e. The highest BCUT2D eigenvalue weighted by Crippen LogP contribution is 2.19. The lowest BCUT2D eigenvalue weighted by Gasteiger charge is -2.34. The molecule has 1 aromatic rings. The third kappa shape index (κ3) is 2.78. The fourth-order valence-electron chi connectivity index (χ4n) is 2.18. The van der Waals surface area contributed by atoms with Crippen LogP contribution in [0.4, 0.5) is 4.39 Å². The number of piperazine rings is 1. The second-order valence-corrected chi connectivity index (χ2v) is 5.25. The molecule has 0 bridgehead atoms. The van der Waals surface area contributed by atoms with E-state index in [4.69, 9.17) is 0 Å². The molecule has 2 rings (SSSR count). The first-order valence-electron chi connectivity index (χ1n) is 6.08. The Morgan fingerprint density at radius 1 is 1.58 bits per heavy atom. The largest absolute Gasteiger partial charge is 0.353 e. The topological polar surface area (TPSA) is 49.4 Å². The van der Waals surface area contributed by atoms with Gasteiger partial charge in [0.1, 0.15) is 11.9 Å². The van der Waals surface area contributed by atoms with Crippen molar-refractivity contribution in [1.29, 1.82) is 0 Å². The van der Waals surface area contributed by atoms with Crippen molar-refractivity contribution in [2.45, 2.75) is 19.4 Å². The first-order valence-corrected chi connectivity index (χ1v) is 6.87. The highest BCUT2D eigenvalue weighted by atomic mass is 79.9. The van der Waals surface area contributed by atoms with Gasteiger partial charge in [-0.1, -0.05) is 22.9 Å². The van der Waals surface area contributed by atoms with E-state index in [1.165, 1.54) is 17.0 Å². The molecule has 1 atom stereocenters. The summed E-state index contributed by atoms with van der Waals surface area (Å²) in [5, 5.41) is 2.71. The Kier molecular flexibility index (Phi) is 4.19. The van der Waals surface area contributed by atoms with Gasteiger partial charge in [-0.2, -0.15) is 0 Å². The summed E-state index contributed by atoms with van der Waals surface area (Å²) in [5.41, 5.74) is -0.00338. The first-order chi connectivity index (χ1) is 9.04. The number of hydrogen-bond acceptors (Lipinski definition) is 2. The quantitative estimate of drug-likeness (QED) is 0.901. The molecule has 1 heterocycles. The van der Waals surface area contributed by atoms with Gasteiger partial charge in [0.15, 0.2) is 0 Å². The number of halogens is 2. The monoisotopic (exact) mass is 328 g/mol. The lowest BCUT2D eigenvalue weighted by atomic mass is 10.1. The lowest BCUT2D eigenvalue weighted by Crippen LogP contribution is -2.57. The van der Waals surface area contributed by atoms with E-state index in [-0.39, 0.29) is 11.5 Å². The molecule has 1 aromatic carbocycles. The van der Waals surface area contributed by atoms with E-state index in [1.807, 2.05) is 6.92 Å². The first kappa shape index (κ1) is 14.0. The van der Waals surface area contributed by atoms with Crippen LogP contribution in [0.3, 0.4) is 0 Å². The van der Waals surface area contributed by atoms with Crippen molar-refractivity contribution in [3.8, 4) is 0 Å². The maximum Gasteiger partial charge on any atom is 0.257 e. The molecule has 19 heavy (non-hydrogen) atoms. The van der Waals surface area contributed by atoms with Gasteiger partial charge < -0.3 is 10.2 Å². The molecule has 1 N–H and O–H groups in total. The minimum absolute atomic E-state index is 0.00338. The van der Waals surface area contributed by atoms with Gasteiger partial charge in [0, 0.05) is 17.6 Å². The van der Waals surface area contributed by atoms with E-state index >= 15 is 0 Å². The van der Waals surface area contributed by atoms with Crippen molar-refractivity contribution in [3.63, 3.8) is 0 Å². The van der Waals surface area contributed by atoms with Gasteiger partial charge >= 0.3 is 0 Å². The Morgan fingerprint density at radius 2 is 2.32 bits per heavy atom. The summed E-state index contributed by atoms with van der Waals surface area (Å²) in [6.07, 6.45) is 0.510. The standard InChI is InChI=1S/C13H14BrFN2O2/c1-2-11-12(18)16-5-6-17(11)13(19)9-4-3-8(14)7-10(9)15/h3-4,7,11H,2,5-6H2,1H3,(H,16,18). The molecule has 0 spiro atoms. The highest BCUT2D eigenvalue weighted by molar-refractivity contribution is 9.10. The van der Waals surface area contributed by atoms with E-state index < -0.39 is 17.8 Å². The summed E-state index contributed by atoms with van der Waals surface area (Å²) in [6.45, 7) is 2.63. The molecule has 102 valence electrons. The molecule has 1 fully saturated rings. The molecular weight excluding hydrogens is 315 g/mol. The van der Waals surface area contributed by atoms with Gasteiger partial charge in [0.25, 0.3) is 5.91 Å². The molecule has 1 saturated heterocycles. The molecule has 6 heteroatoms. The van der Waals surface area contributed by atoms with Crippen molar-refractivity contribution < 1.29 is 14.0 Å². The molecule has 4 nitrogen and oxygen atoms in total. The fraction of sp³-hybridized carbons (Fsp3) is 0.385. The molecular formula is C13H14BrFN2O2. The third-order valence-corrected chi connectivity index (χ3v) is 3.63. The number of hydrogen-bond donors (Lipinski definition) is 1. The van der Waals surface area contributed by atoms with E-state index in [2.05, 4.69) is 21.2 Å². The second-order valence-electron chi connectivity index (χ2n) is 4.34. The molecule has 0 saturated carbocycles. The summed E-state index contributed by atoms with van der Waals surface area (Å²) in [7, 11) is 0. The average molecular weight is 329 g/mol. The van der Waals surface area contributed by atoms with Crippen LogP contribution in [0.25, 0.3) is 0 Å². The molecule has 0 aromatic heterocycles. The smallest absolute Gasteiger partial charge is 0.257 e. The maximum absolute atomic E-state index is 13.8. The minimum atomic E-state index is -0.583. The lowest BCUT2D eigenvalue weighted by molar-refractivity contribution is -0.127. The molecule has 1 aliphatic rings. The Morgan fingerprint density at radius 3 is 2.95 bits per heavy atom. The predicted octanol–water partition coefficient (Wildman–Crippen LogP) is 1.94. The number of nitrogens with zero attached hydrogens (tertiary/aromatic N) is 1. The Hall–Kier alpha value is -1.43. The fourth-order valence-corrected chi connectivity index (χ4v) is 2.51. The van der Waals surface area contributed by atoms with E-state index in [9.17, 15) is 14.0 Å². The Bertz CT molecular complexity index is 521. The van der Waals surface area contributed by atoms with E-state index in [0.717, 1.165) is 0 Å². The average Bonchev–Trinajstić information content (AvgIpc) is 2.37. The van der Waals surface area contributed by atoms with Crippen molar-refractivity contribution in [2.75, 3.05) is 13.1 Å². The number of carbonyl (C=O) groups excluding carboxylic acids is 2. The molecule has 2 amide bonds. The molecule has 1 aliphatic heterocycles. The summed E-state index contributed by atoms with van der Waals surface area (Å²) < 4.78 is 14.4. The number of amides is 2. The van der Waals surface area contributed by atoms with Crippen LogP contribution in [-0.2, 0) is 4.79 Å². The zero-order valence-electron chi connectivity index (χ0n) is 10.5. The molecule has 0 radical (unpaired) electrons. The third-order valence-electron chi connectivity index (χ3n) is 3.14. The summed E-state index contributed by atoms with van der Waals surface area (Å²) in [6, 6.07) is 3.77. The van der Waals surface area contributed by atoms with Crippen molar-refractivity contribution in [1.82, 2.24) is 10.2 Å². The zero-order valence-corrected chi connectivity index (χ0v) is 12.0.